The lowest BCUT2D eigenvalue weighted by molar-refractivity contribution is -0.121. The first kappa shape index (κ1) is 12.3. The fourth-order valence-corrected chi connectivity index (χ4v) is 2.44. The summed E-state index contributed by atoms with van der Waals surface area (Å²) in [5.41, 5.74) is 2.33. The van der Waals surface area contributed by atoms with Gasteiger partial charge in [0.1, 0.15) is 6.04 Å². The molecule has 0 aromatic heterocycles. The fourth-order valence-electron chi connectivity index (χ4n) is 2.01. The molecule has 2 rings (SSSR count). The highest BCUT2D eigenvalue weighted by Crippen LogP contribution is 2.24. The molecule has 0 aliphatic carbocycles. The molecule has 1 heterocycles. The summed E-state index contributed by atoms with van der Waals surface area (Å²) < 4.78 is 0. The number of benzene rings is 1. The van der Waals surface area contributed by atoms with Crippen molar-refractivity contribution in [1.29, 1.82) is 0 Å². The van der Waals surface area contributed by atoms with Crippen molar-refractivity contribution < 1.29 is 4.79 Å². The van der Waals surface area contributed by atoms with Crippen LogP contribution in [0.15, 0.2) is 24.3 Å². The fraction of sp³-hybridized carbons (Fsp3) is 0.462. The number of para-hydroxylation sites is 1. The van der Waals surface area contributed by atoms with Crippen molar-refractivity contribution in [1.82, 2.24) is 5.32 Å². The van der Waals surface area contributed by atoms with Crippen LogP contribution in [0.3, 0.4) is 0 Å². The van der Waals surface area contributed by atoms with Gasteiger partial charge in [0.2, 0.25) is 5.91 Å². The Labute approximate surface area is 106 Å². The number of hydrogen-bond acceptors (Lipinski definition) is 3. The number of carbonyl (C=O) groups is 1. The number of fused-ring (bicyclic) bond motifs is 1. The Morgan fingerprint density at radius 3 is 3.12 bits per heavy atom. The average Bonchev–Trinajstić information content (AvgIpc) is 2.78. The van der Waals surface area contributed by atoms with E-state index >= 15 is 0 Å². The van der Waals surface area contributed by atoms with E-state index in [9.17, 15) is 4.79 Å². The summed E-state index contributed by atoms with van der Waals surface area (Å²) in [6, 6.07) is 8.01. The molecular formula is C13H18N2OS. The van der Waals surface area contributed by atoms with Gasteiger partial charge in [-0.2, -0.15) is 11.8 Å². The number of anilines is 1. The molecule has 0 spiro atoms. The lowest BCUT2D eigenvalue weighted by atomic mass is 10.1. The smallest absolute Gasteiger partial charge is 0.242 e. The zero-order valence-electron chi connectivity index (χ0n) is 10.0. The summed E-state index contributed by atoms with van der Waals surface area (Å²) in [4.78, 5) is 11.9. The molecule has 0 saturated carbocycles. The van der Waals surface area contributed by atoms with Crippen LogP contribution in [0, 0.1) is 0 Å². The van der Waals surface area contributed by atoms with E-state index in [4.69, 9.17) is 0 Å². The van der Waals surface area contributed by atoms with Gasteiger partial charge in [-0.3, -0.25) is 4.79 Å². The van der Waals surface area contributed by atoms with Gasteiger partial charge in [0.15, 0.2) is 0 Å². The molecule has 2 N–H and O–H groups in total. The first-order valence-electron chi connectivity index (χ1n) is 5.92. The van der Waals surface area contributed by atoms with Crippen LogP contribution in [0.4, 0.5) is 5.69 Å². The van der Waals surface area contributed by atoms with Crippen LogP contribution in [0.5, 0.6) is 0 Å². The monoisotopic (exact) mass is 250 g/mol. The first-order chi connectivity index (χ1) is 8.31. The third-order valence-electron chi connectivity index (χ3n) is 2.91. The summed E-state index contributed by atoms with van der Waals surface area (Å²) in [5, 5.41) is 6.24. The van der Waals surface area contributed by atoms with Crippen molar-refractivity contribution >= 4 is 23.4 Å². The minimum Gasteiger partial charge on any atom is -0.373 e. The molecule has 1 aromatic rings. The topological polar surface area (TPSA) is 41.1 Å². The summed E-state index contributed by atoms with van der Waals surface area (Å²) in [6.45, 7) is 0.772. The van der Waals surface area contributed by atoms with E-state index in [2.05, 4.69) is 23.0 Å². The minimum absolute atomic E-state index is 0.0957. The second-order valence-electron chi connectivity index (χ2n) is 4.20. The van der Waals surface area contributed by atoms with E-state index in [-0.39, 0.29) is 11.9 Å². The normalized spacial score (nSPS) is 17.4. The second kappa shape index (κ2) is 5.96. The highest BCUT2D eigenvalue weighted by molar-refractivity contribution is 7.98. The molecular weight excluding hydrogens is 232 g/mol. The van der Waals surface area contributed by atoms with Crippen LogP contribution in [-0.2, 0) is 11.2 Å². The van der Waals surface area contributed by atoms with Crippen molar-refractivity contribution in [2.24, 2.45) is 0 Å². The molecule has 1 aromatic carbocycles. The molecule has 1 aliphatic heterocycles. The van der Waals surface area contributed by atoms with Gasteiger partial charge in [0.05, 0.1) is 0 Å². The number of carbonyl (C=O) groups excluding carboxylic acids is 1. The maximum Gasteiger partial charge on any atom is 0.242 e. The zero-order valence-corrected chi connectivity index (χ0v) is 10.8. The van der Waals surface area contributed by atoms with Crippen LogP contribution >= 0.6 is 11.8 Å². The lowest BCUT2D eigenvalue weighted by Gasteiger charge is -2.11. The molecule has 1 atom stereocenters. The molecule has 4 heteroatoms. The number of nitrogens with one attached hydrogen (secondary N) is 2. The maximum atomic E-state index is 11.9. The third-order valence-corrected chi connectivity index (χ3v) is 3.61. The predicted molar refractivity (Wildman–Crippen MR) is 73.6 cm³/mol. The number of amides is 1. The number of thioether (sulfide) groups is 1. The van der Waals surface area contributed by atoms with Crippen molar-refractivity contribution in [3.05, 3.63) is 29.8 Å². The summed E-state index contributed by atoms with van der Waals surface area (Å²) in [5.74, 6) is 1.21. The molecule has 1 unspecified atom stereocenters. The Morgan fingerprint density at radius 2 is 2.35 bits per heavy atom. The van der Waals surface area contributed by atoms with E-state index in [1.54, 1.807) is 0 Å². The van der Waals surface area contributed by atoms with Gasteiger partial charge in [-0.05, 0) is 30.1 Å². The lowest BCUT2D eigenvalue weighted by Crippen LogP contribution is -2.38. The summed E-state index contributed by atoms with van der Waals surface area (Å²) in [6.07, 6.45) is 3.91. The van der Waals surface area contributed by atoms with Gasteiger partial charge >= 0.3 is 0 Å². The van der Waals surface area contributed by atoms with E-state index < -0.39 is 0 Å². The first-order valence-corrected chi connectivity index (χ1v) is 7.31. The third kappa shape index (κ3) is 3.16. The van der Waals surface area contributed by atoms with Gasteiger partial charge in [0.25, 0.3) is 0 Å². The van der Waals surface area contributed by atoms with Gasteiger partial charge in [-0.1, -0.05) is 18.2 Å². The van der Waals surface area contributed by atoms with E-state index in [0.717, 1.165) is 30.8 Å². The van der Waals surface area contributed by atoms with E-state index in [0.29, 0.717) is 0 Å². The van der Waals surface area contributed by atoms with Crippen LogP contribution < -0.4 is 10.6 Å². The van der Waals surface area contributed by atoms with Crippen molar-refractivity contribution in [2.75, 3.05) is 23.9 Å². The largest absolute Gasteiger partial charge is 0.373 e. The molecule has 1 amide bonds. The van der Waals surface area contributed by atoms with Crippen LogP contribution in [-0.4, -0.2) is 30.5 Å². The minimum atomic E-state index is -0.0957. The van der Waals surface area contributed by atoms with Crippen molar-refractivity contribution in [2.45, 2.75) is 18.9 Å². The van der Waals surface area contributed by atoms with Gasteiger partial charge in [0, 0.05) is 18.7 Å². The van der Waals surface area contributed by atoms with Gasteiger partial charge in [-0.25, -0.2) is 0 Å². The zero-order chi connectivity index (χ0) is 12.1. The van der Waals surface area contributed by atoms with Gasteiger partial charge < -0.3 is 10.6 Å². The molecule has 0 saturated heterocycles. The Hall–Kier alpha value is -1.16. The Kier molecular flexibility index (Phi) is 4.31. The highest BCUT2D eigenvalue weighted by Gasteiger charge is 2.25. The maximum absolute atomic E-state index is 11.9. The highest BCUT2D eigenvalue weighted by atomic mass is 32.2. The van der Waals surface area contributed by atoms with E-state index in [1.165, 1.54) is 5.56 Å². The summed E-state index contributed by atoms with van der Waals surface area (Å²) in [7, 11) is 0. The van der Waals surface area contributed by atoms with Crippen LogP contribution in [0.25, 0.3) is 0 Å². The predicted octanol–water partition coefficient (Wildman–Crippen LogP) is 1.89. The standard InChI is InChI=1S/C13H18N2OS/c1-17-8-4-7-14-13(16)12-9-10-5-2-3-6-11(10)15-12/h2-3,5-6,12,15H,4,7-9H2,1H3,(H,14,16). The van der Waals surface area contributed by atoms with E-state index in [1.807, 2.05) is 30.0 Å². The van der Waals surface area contributed by atoms with Crippen molar-refractivity contribution in [3.63, 3.8) is 0 Å². The van der Waals surface area contributed by atoms with Gasteiger partial charge in [-0.15, -0.1) is 0 Å². The molecule has 3 nitrogen and oxygen atoms in total. The molecule has 0 bridgehead atoms. The Morgan fingerprint density at radius 1 is 1.53 bits per heavy atom. The van der Waals surface area contributed by atoms with Crippen LogP contribution in [0.2, 0.25) is 0 Å². The molecule has 0 radical (unpaired) electrons. The summed E-state index contributed by atoms with van der Waals surface area (Å²) >= 11 is 1.81. The van der Waals surface area contributed by atoms with Crippen molar-refractivity contribution in [3.8, 4) is 0 Å². The van der Waals surface area contributed by atoms with Crippen LogP contribution in [0.1, 0.15) is 12.0 Å². The molecule has 0 fully saturated rings. The second-order valence-corrected chi connectivity index (χ2v) is 5.18. The molecule has 17 heavy (non-hydrogen) atoms. The Bertz CT molecular complexity index is 370. The molecule has 92 valence electrons. The Balaban J connectivity index is 1.80. The SMILES string of the molecule is CSCCCNC(=O)C1Cc2ccccc2N1. The quantitative estimate of drug-likeness (QED) is 0.784. The average molecular weight is 250 g/mol. The number of rotatable bonds is 5. The molecule has 1 aliphatic rings. The number of hydrogen-bond donors (Lipinski definition) is 2.